The molecule has 2 aromatic carbocycles. The Morgan fingerprint density at radius 3 is 2.74 bits per heavy atom. The van der Waals surface area contributed by atoms with Crippen LogP contribution in [0.4, 0.5) is 4.39 Å². The Morgan fingerprint density at radius 2 is 1.96 bits per heavy atom. The molecule has 1 saturated carbocycles. The molecule has 3 aromatic rings. The molecule has 5 heteroatoms. The SMILES string of the molecule is CN=C(NCc1nccc2ccccc12)NCC1(c2cccc(F)c2)CC1. The van der Waals surface area contributed by atoms with Gasteiger partial charge in [0.1, 0.15) is 5.82 Å². The Hall–Kier alpha value is -2.95. The lowest BCUT2D eigenvalue weighted by Crippen LogP contribution is -2.41. The van der Waals surface area contributed by atoms with Crippen molar-refractivity contribution >= 4 is 16.7 Å². The quantitative estimate of drug-likeness (QED) is 0.537. The molecular formula is C22H23FN4. The van der Waals surface area contributed by atoms with Crippen LogP contribution in [0.2, 0.25) is 0 Å². The highest BCUT2D eigenvalue weighted by Gasteiger charge is 2.44. The molecule has 0 spiro atoms. The first kappa shape index (κ1) is 17.5. The van der Waals surface area contributed by atoms with Gasteiger partial charge in [-0.05, 0) is 42.0 Å². The molecule has 4 nitrogen and oxygen atoms in total. The van der Waals surface area contributed by atoms with Crippen LogP contribution in [0.15, 0.2) is 65.8 Å². The molecule has 0 atom stereocenters. The molecule has 0 amide bonds. The number of nitrogens with one attached hydrogen (secondary N) is 2. The van der Waals surface area contributed by atoms with Crippen molar-refractivity contribution in [3.05, 3.63) is 77.9 Å². The molecule has 2 N–H and O–H groups in total. The summed E-state index contributed by atoms with van der Waals surface area (Å²) < 4.78 is 13.6. The van der Waals surface area contributed by atoms with Gasteiger partial charge in [-0.25, -0.2) is 4.39 Å². The first-order valence-electron chi connectivity index (χ1n) is 9.23. The molecule has 4 rings (SSSR count). The van der Waals surface area contributed by atoms with E-state index in [0.717, 1.165) is 42.0 Å². The Bertz CT molecular complexity index is 973. The fourth-order valence-electron chi connectivity index (χ4n) is 3.50. The van der Waals surface area contributed by atoms with Gasteiger partial charge in [-0.15, -0.1) is 0 Å². The zero-order valence-corrected chi connectivity index (χ0v) is 15.4. The second-order valence-corrected chi connectivity index (χ2v) is 7.05. The lowest BCUT2D eigenvalue weighted by Gasteiger charge is -2.19. The summed E-state index contributed by atoms with van der Waals surface area (Å²) in [5, 5.41) is 9.06. The molecule has 0 saturated heterocycles. The molecule has 27 heavy (non-hydrogen) atoms. The maximum Gasteiger partial charge on any atom is 0.191 e. The molecule has 0 radical (unpaired) electrons. The fraction of sp³-hybridized carbons (Fsp3) is 0.273. The van der Waals surface area contributed by atoms with Crippen molar-refractivity contribution in [1.29, 1.82) is 0 Å². The Morgan fingerprint density at radius 1 is 1.11 bits per heavy atom. The zero-order valence-electron chi connectivity index (χ0n) is 15.4. The van der Waals surface area contributed by atoms with Gasteiger partial charge in [0.25, 0.3) is 0 Å². The lowest BCUT2D eigenvalue weighted by atomic mass is 9.96. The molecular weight excluding hydrogens is 339 g/mol. The maximum atomic E-state index is 13.6. The number of rotatable bonds is 5. The fourth-order valence-corrected chi connectivity index (χ4v) is 3.50. The van der Waals surface area contributed by atoms with Crippen LogP contribution in [0.5, 0.6) is 0 Å². The molecule has 1 aliphatic rings. The summed E-state index contributed by atoms with van der Waals surface area (Å²) in [6.45, 7) is 1.33. The van der Waals surface area contributed by atoms with Crippen molar-refractivity contribution in [1.82, 2.24) is 15.6 Å². The van der Waals surface area contributed by atoms with Crippen LogP contribution in [0.25, 0.3) is 10.8 Å². The smallest absolute Gasteiger partial charge is 0.191 e. The summed E-state index contributed by atoms with van der Waals surface area (Å²) in [4.78, 5) is 8.82. The summed E-state index contributed by atoms with van der Waals surface area (Å²) in [6, 6.07) is 17.2. The Kier molecular flexibility index (Phi) is 4.75. The minimum atomic E-state index is -0.177. The Labute approximate surface area is 158 Å². The van der Waals surface area contributed by atoms with Crippen LogP contribution >= 0.6 is 0 Å². The number of guanidine groups is 1. The summed E-state index contributed by atoms with van der Waals surface area (Å²) in [6.07, 6.45) is 3.95. The minimum absolute atomic E-state index is 0.0113. The number of halogens is 1. The van der Waals surface area contributed by atoms with Gasteiger partial charge in [-0.1, -0.05) is 36.4 Å². The number of fused-ring (bicyclic) bond motifs is 1. The van der Waals surface area contributed by atoms with Crippen molar-refractivity contribution in [3.63, 3.8) is 0 Å². The van der Waals surface area contributed by atoms with E-state index >= 15 is 0 Å². The minimum Gasteiger partial charge on any atom is -0.356 e. The van der Waals surface area contributed by atoms with Crippen LogP contribution in [0, 0.1) is 5.82 Å². The lowest BCUT2D eigenvalue weighted by molar-refractivity contribution is 0.607. The van der Waals surface area contributed by atoms with Crippen LogP contribution in [-0.2, 0) is 12.0 Å². The molecule has 138 valence electrons. The second-order valence-electron chi connectivity index (χ2n) is 7.05. The number of hydrogen-bond acceptors (Lipinski definition) is 2. The zero-order chi connectivity index (χ0) is 18.7. The molecule has 0 unspecified atom stereocenters. The second kappa shape index (κ2) is 7.35. The third-order valence-corrected chi connectivity index (χ3v) is 5.29. The van der Waals surface area contributed by atoms with Gasteiger partial charge in [-0.2, -0.15) is 0 Å². The van der Waals surface area contributed by atoms with Gasteiger partial charge in [0.15, 0.2) is 5.96 Å². The summed E-state index contributed by atoms with van der Waals surface area (Å²) in [7, 11) is 1.76. The highest BCUT2D eigenvalue weighted by molar-refractivity contribution is 5.85. The Balaban J connectivity index is 1.40. The monoisotopic (exact) mass is 362 g/mol. The summed E-state index contributed by atoms with van der Waals surface area (Å²) in [5.74, 6) is 0.552. The number of aliphatic imine (C=N–C) groups is 1. The van der Waals surface area contributed by atoms with Crippen molar-refractivity contribution in [3.8, 4) is 0 Å². The van der Waals surface area contributed by atoms with E-state index < -0.39 is 0 Å². The highest BCUT2D eigenvalue weighted by Crippen LogP contribution is 2.47. The number of hydrogen-bond donors (Lipinski definition) is 2. The first-order chi connectivity index (χ1) is 13.2. The molecule has 1 aromatic heterocycles. The maximum absolute atomic E-state index is 13.6. The molecule has 1 aliphatic carbocycles. The average molecular weight is 362 g/mol. The predicted octanol–water partition coefficient (Wildman–Crippen LogP) is 3.77. The third kappa shape index (κ3) is 3.77. The number of aromatic nitrogens is 1. The van der Waals surface area contributed by atoms with E-state index in [1.165, 1.54) is 11.5 Å². The van der Waals surface area contributed by atoms with E-state index in [2.05, 4.69) is 32.7 Å². The molecule has 1 fully saturated rings. The summed E-state index contributed by atoms with van der Waals surface area (Å²) >= 11 is 0. The van der Waals surface area contributed by atoms with E-state index in [0.29, 0.717) is 6.54 Å². The van der Waals surface area contributed by atoms with Gasteiger partial charge >= 0.3 is 0 Å². The van der Waals surface area contributed by atoms with Crippen LogP contribution in [0.3, 0.4) is 0 Å². The van der Waals surface area contributed by atoms with Gasteiger partial charge in [-0.3, -0.25) is 9.98 Å². The predicted molar refractivity (Wildman–Crippen MR) is 107 cm³/mol. The van der Waals surface area contributed by atoms with Gasteiger partial charge in [0.05, 0.1) is 12.2 Å². The average Bonchev–Trinajstić information content (AvgIpc) is 3.49. The number of benzene rings is 2. The van der Waals surface area contributed by atoms with Gasteiger partial charge in [0.2, 0.25) is 0 Å². The van der Waals surface area contributed by atoms with E-state index in [1.54, 1.807) is 19.2 Å². The summed E-state index contributed by atoms with van der Waals surface area (Å²) in [5.41, 5.74) is 2.06. The van der Waals surface area contributed by atoms with E-state index in [4.69, 9.17) is 0 Å². The highest BCUT2D eigenvalue weighted by atomic mass is 19.1. The first-order valence-corrected chi connectivity index (χ1v) is 9.23. The topological polar surface area (TPSA) is 49.3 Å². The largest absolute Gasteiger partial charge is 0.356 e. The van der Waals surface area contributed by atoms with Gasteiger partial charge < -0.3 is 10.6 Å². The van der Waals surface area contributed by atoms with Crippen molar-refractivity contribution in [2.75, 3.05) is 13.6 Å². The number of nitrogens with zero attached hydrogens (tertiary/aromatic N) is 2. The van der Waals surface area contributed by atoms with Crippen LogP contribution < -0.4 is 10.6 Å². The van der Waals surface area contributed by atoms with Gasteiger partial charge in [0, 0.05) is 30.6 Å². The number of pyridine rings is 1. The van der Waals surface area contributed by atoms with Crippen molar-refractivity contribution in [2.45, 2.75) is 24.8 Å². The molecule has 1 heterocycles. The van der Waals surface area contributed by atoms with Crippen LogP contribution in [-0.4, -0.2) is 24.5 Å². The van der Waals surface area contributed by atoms with Crippen molar-refractivity contribution in [2.24, 2.45) is 4.99 Å². The standard InChI is InChI=1S/C22H23FN4/c1-24-21(26-14-20-19-8-3-2-5-16(19)9-12-25-20)27-15-22(10-11-22)17-6-4-7-18(23)13-17/h2-9,12-13H,10-11,14-15H2,1H3,(H2,24,26,27). The van der Waals surface area contributed by atoms with Crippen LogP contribution in [0.1, 0.15) is 24.1 Å². The molecule has 0 bridgehead atoms. The van der Waals surface area contributed by atoms with Crippen molar-refractivity contribution < 1.29 is 4.39 Å². The third-order valence-electron chi connectivity index (χ3n) is 5.29. The van der Waals surface area contributed by atoms with E-state index in [1.807, 2.05) is 30.5 Å². The van der Waals surface area contributed by atoms with E-state index in [-0.39, 0.29) is 11.2 Å². The molecule has 0 aliphatic heterocycles. The normalized spacial score (nSPS) is 15.6. The van der Waals surface area contributed by atoms with E-state index in [9.17, 15) is 4.39 Å².